The van der Waals surface area contributed by atoms with Gasteiger partial charge < -0.3 is 0 Å². The van der Waals surface area contributed by atoms with Crippen molar-refractivity contribution in [3.63, 3.8) is 0 Å². The van der Waals surface area contributed by atoms with Crippen LogP contribution in [0.15, 0.2) is 23.2 Å². The summed E-state index contributed by atoms with van der Waals surface area (Å²) in [5, 5.41) is 7.39. The molecule has 1 heterocycles. The molecule has 0 bridgehead atoms. The highest BCUT2D eigenvalue weighted by Gasteiger charge is 2.13. The minimum atomic E-state index is -3.27. The van der Waals surface area contributed by atoms with Crippen LogP contribution in [0.1, 0.15) is 0 Å². The predicted octanol–water partition coefficient (Wildman–Crippen LogP) is 1.62. The lowest BCUT2D eigenvalue weighted by Gasteiger charge is -2.00. The summed E-state index contributed by atoms with van der Waals surface area (Å²) in [6, 6.07) is 3.06. The first-order chi connectivity index (χ1) is 6.48. The van der Waals surface area contributed by atoms with Gasteiger partial charge in [-0.05, 0) is 12.1 Å². The number of H-pyrrole nitrogens is 1. The Balaban J connectivity index is 2.94. The fourth-order valence-corrected chi connectivity index (χ4v) is 2.48. The molecule has 1 aromatic heterocycles. The van der Waals surface area contributed by atoms with Gasteiger partial charge in [0.25, 0.3) is 0 Å². The lowest BCUT2D eigenvalue weighted by molar-refractivity contribution is 0.602. The number of halogens is 1. The number of nitrogens with zero attached hydrogens (tertiary/aromatic N) is 1. The Hall–Kier alpha value is -1.07. The molecule has 0 radical (unpaired) electrons. The molecule has 0 unspecified atom stereocenters. The summed E-state index contributed by atoms with van der Waals surface area (Å²) < 4.78 is 22.8. The number of nitrogens with one attached hydrogen (secondary N) is 1. The fourth-order valence-electron chi connectivity index (χ4n) is 1.29. The summed E-state index contributed by atoms with van der Waals surface area (Å²) >= 11 is 5.77. The second-order valence-electron chi connectivity index (χ2n) is 3.01. The minimum absolute atomic E-state index is 0.203. The van der Waals surface area contributed by atoms with Crippen molar-refractivity contribution in [1.29, 1.82) is 0 Å². The molecule has 0 saturated carbocycles. The van der Waals surface area contributed by atoms with Crippen LogP contribution in [-0.4, -0.2) is 24.9 Å². The summed E-state index contributed by atoms with van der Waals surface area (Å²) in [6.45, 7) is 0. The number of aromatic amines is 1. The highest BCUT2D eigenvalue weighted by molar-refractivity contribution is 7.91. The van der Waals surface area contributed by atoms with E-state index in [-0.39, 0.29) is 4.90 Å². The largest absolute Gasteiger partial charge is 0.278 e. The Bertz CT molecular complexity index is 588. The van der Waals surface area contributed by atoms with Gasteiger partial charge in [-0.3, -0.25) is 5.10 Å². The van der Waals surface area contributed by atoms with Gasteiger partial charge in [0, 0.05) is 16.7 Å². The topological polar surface area (TPSA) is 62.8 Å². The van der Waals surface area contributed by atoms with Crippen LogP contribution in [0.4, 0.5) is 0 Å². The number of benzene rings is 1. The molecule has 1 N–H and O–H groups in total. The zero-order chi connectivity index (χ0) is 10.3. The monoisotopic (exact) mass is 230 g/mol. The van der Waals surface area contributed by atoms with E-state index in [0.29, 0.717) is 15.9 Å². The van der Waals surface area contributed by atoms with Gasteiger partial charge in [-0.1, -0.05) is 11.6 Å². The average molecular weight is 231 g/mol. The third-order valence-corrected chi connectivity index (χ3v) is 3.24. The Kier molecular flexibility index (Phi) is 2.01. The number of aromatic nitrogens is 2. The maximum Gasteiger partial charge on any atom is 0.176 e. The summed E-state index contributed by atoms with van der Waals surface area (Å²) in [7, 11) is -3.27. The molecule has 0 aliphatic rings. The summed E-state index contributed by atoms with van der Waals surface area (Å²) in [4.78, 5) is 0.203. The summed E-state index contributed by atoms with van der Waals surface area (Å²) in [5.41, 5.74) is 0.623. The maximum absolute atomic E-state index is 11.4. The molecular formula is C8H7ClN2O2S. The maximum atomic E-state index is 11.4. The highest BCUT2D eigenvalue weighted by Crippen LogP contribution is 2.25. The normalized spacial score (nSPS) is 12.1. The van der Waals surface area contributed by atoms with Crippen molar-refractivity contribution in [2.24, 2.45) is 0 Å². The van der Waals surface area contributed by atoms with Gasteiger partial charge in [0.1, 0.15) is 0 Å². The van der Waals surface area contributed by atoms with Crippen LogP contribution in [0.25, 0.3) is 10.9 Å². The molecule has 0 aliphatic heterocycles. The van der Waals surface area contributed by atoms with E-state index in [1.807, 2.05) is 0 Å². The van der Waals surface area contributed by atoms with Gasteiger partial charge >= 0.3 is 0 Å². The van der Waals surface area contributed by atoms with E-state index in [2.05, 4.69) is 10.2 Å². The van der Waals surface area contributed by atoms with E-state index < -0.39 is 9.84 Å². The average Bonchev–Trinajstić information content (AvgIpc) is 2.47. The van der Waals surface area contributed by atoms with E-state index in [9.17, 15) is 8.42 Å². The van der Waals surface area contributed by atoms with Crippen molar-refractivity contribution < 1.29 is 8.42 Å². The van der Waals surface area contributed by atoms with Gasteiger partial charge in [0.15, 0.2) is 9.84 Å². The lowest BCUT2D eigenvalue weighted by atomic mass is 10.2. The molecular weight excluding hydrogens is 224 g/mol. The van der Waals surface area contributed by atoms with Crippen LogP contribution < -0.4 is 0 Å². The van der Waals surface area contributed by atoms with Crippen molar-refractivity contribution in [3.8, 4) is 0 Å². The fraction of sp³-hybridized carbons (Fsp3) is 0.125. The second kappa shape index (κ2) is 2.96. The third-order valence-electron chi connectivity index (χ3n) is 1.88. The molecule has 0 fully saturated rings. The number of fused-ring (bicyclic) bond motifs is 1. The summed E-state index contributed by atoms with van der Waals surface area (Å²) in [5.74, 6) is 0. The smallest absolute Gasteiger partial charge is 0.176 e. The molecule has 2 rings (SSSR count). The standard InChI is InChI=1S/C8H7ClN2O2S/c1-14(12,13)8-3-5(9)2-7-6(8)4-10-11-7/h2-4H,1H3,(H,10,11). The van der Waals surface area contributed by atoms with Crippen molar-refractivity contribution in [2.45, 2.75) is 4.90 Å². The molecule has 0 amide bonds. The first-order valence-corrected chi connectivity index (χ1v) is 6.08. The number of hydrogen-bond acceptors (Lipinski definition) is 3. The van der Waals surface area contributed by atoms with Crippen LogP contribution in [0.3, 0.4) is 0 Å². The van der Waals surface area contributed by atoms with E-state index >= 15 is 0 Å². The van der Waals surface area contributed by atoms with Gasteiger partial charge in [-0.25, -0.2) is 8.42 Å². The van der Waals surface area contributed by atoms with Crippen molar-refractivity contribution >= 4 is 32.3 Å². The van der Waals surface area contributed by atoms with Crippen LogP contribution in [0.5, 0.6) is 0 Å². The number of sulfone groups is 1. The van der Waals surface area contributed by atoms with Gasteiger partial charge in [-0.2, -0.15) is 5.10 Å². The Morgan fingerprint density at radius 1 is 1.43 bits per heavy atom. The summed E-state index contributed by atoms with van der Waals surface area (Å²) in [6.07, 6.45) is 2.62. The van der Waals surface area contributed by atoms with Gasteiger partial charge in [-0.15, -0.1) is 0 Å². The van der Waals surface area contributed by atoms with Crippen molar-refractivity contribution in [1.82, 2.24) is 10.2 Å². The molecule has 0 saturated heterocycles. The third kappa shape index (κ3) is 1.49. The Morgan fingerprint density at radius 3 is 2.79 bits per heavy atom. The first-order valence-electron chi connectivity index (χ1n) is 3.81. The van der Waals surface area contributed by atoms with Gasteiger partial charge in [0.05, 0.1) is 16.6 Å². The molecule has 0 spiro atoms. The van der Waals surface area contributed by atoms with Crippen molar-refractivity contribution in [2.75, 3.05) is 6.26 Å². The van der Waals surface area contributed by atoms with Crippen LogP contribution in [0.2, 0.25) is 5.02 Å². The number of rotatable bonds is 1. The molecule has 0 atom stereocenters. The van der Waals surface area contributed by atoms with E-state index in [1.54, 1.807) is 6.07 Å². The molecule has 1 aromatic carbocycles. The molecule has 2 aromatic rings. The quantitative estimate of drug-likeness (QED) is 0.810. The number of hydrogen-bond donors (Lipinski definition) is 1. The molecule has 0 aliphatic carbocycles. The molecule has 6 heteroatoms. The predicted molar refractivity (Wildman–Crippen MR) is 54.2 cm³/mol. The zero-order valence-corrected chi connectivity index (χ0v) is 8.85. The molecule has 74 valence electrons. The van der Waals surface area contributed by atoms with Crippen molar-refractivity contribution in [3.05, 3.63) is 23.4 Å². The van der Waals surface area contributed by atoms with E-state index in [0.717, 1.165) is 6.26 Å². The van der Waals surface area contributed by atoms with E-state index in [4.69, 9.17) is 11.6 Å². The van der Waals surface area contributed by atoms with Crippen LogP contribution in [0, 0.1) is 0 Å². The van der Waals surface area contributed by atoms with Crippen LogP contribution >= 0.6 is 11.6 Å². The molecule has 4 nitrogen and oxygen atoms in total. The van der Waals surface area contributed by atoms with Gasteiger partial charge in [0.2, 0.25) is 0 Å². The van der Waals surface area contributed by atoms with E-state index in [1.165, 1.54) is 12.3 Å². The van der Waals surface area contributed by atoms with Crippen LogP contribution in [-0.2, 0) is 9.84 Å². The minimum Gasteiger partial charge on any atom is -0.278 e. The lowest BCUT2D eigenvalue weighted by Crippen LogP contribution is -1.97. The molecule has 14 heavy (non-hydrogen) atoms. The Labute approximate surface area is 85.8 Å². The Morgan fingerprint density at radius 2 is 2.14 bits per heavy atom. The first kappa shape index (κ1) is 9.48. The highest BCUT2D eigenvalue weighted by atomic mass is 35.5. The zero-order valence-electron chi connectivity index (χ0n) is 7.28. The SMILES string of the molecule is CS(=O)(=O)c1cc(Cl)cc2[nH]ncc12. The second-order valence-corrected chi connectivity index (χ2v) is 5.43.